The van der Waals surface area contributed by atoms with Gasteiger partial charge in [-0.15, -0.1) is 0 Å². The van der Waals surface area contributed by atoms with Crippen molar-refractivity contribution >= 4 is 5.52 Å². The SMILES string of the molecule is COc1ccc(-c2cc(-c3ccncc3)cn3cncc23)cc1. The van der Waals surface area contributed by atoms with E-state index in [1.54, 1.807) is 19.5 Å². The lowest BCUT2D eigenvalue weighted by Crippen LogP contribution is -1.90. The molecule has 0 aliphatic rings. The average Bonchev–Trinajstić information content (AvgIpc) is 3.10. The van der Waals surface area contributed by atoms with Crippen LogP contribution in [0.2, 0.25) is 0 Å². The van der Waals surface area contributed by atoms with Crippen LogP contribution >= 0.6 is 0 Å². The first-order chi connectivity index (χ1) is 11.3. The first-order valence-corrected chi connectivity index (χ1v) is 7.36. The first-order valence-electron chi connectivity index (χ1n) is 7.36. The number of imidazole rings is 1. The van der Waals surface area contributed by atoms with Crippen LogP contribution < -0.4 is 4.74 Å². The van der Waals surface area contributed by atoms with Crippen LogP contribution in [0, 0.1) is 0 Å². The molecule has 0 saturated carbocycles. The van der Waals surface area contributed by atoms with E-state index in [-0.39, 0.29) is 0 Å². The number of nitrogens with zero attached hydrogens (tertiary/aromatic N) is 3. The minimum atomic E-state index is 0.851. The van der Waals surface area contributed by atoms with Crippen LogP contribution in [0.4, 0.5) is 0 Å². The molecule has 0 unspecified atom stereocenters. The van der Waals surface area contributed by atoms with Gasteiger partial charge in [-0.05, 0) is 47.0 Å². The number of ether oxygens (including phenoxy) is 1. The number of aromatic nitrogens is 3. The van der Waals surface area contributed by atoms with Crippen LogP contribution in [0.15, 0.2) is 73.6 Å². The quantitative estimate of drug-likeness (QED) is 0.572. The monoisotopic (exact) mass is 301 g/mol. The van der Waals surface area contributed by atoms with Crippen molar-refractivity contribution in [2.24, 2.45) is 0 Å². The van der Waals surface area contributed by atoms with Crippen LogP contribution in [0.25, 0.3) is 27.8 Å². The summed E-state index contributed by atoms with van der Waals surface area (Å²) in [7, 11) is 1.67. The summed E-state index contributed by atoms with van der Waals surface area (Å²) in [6.45, 7) is 0. The highest BCUT2D eigenvalue weighted by molar-refractivity contribution is 5.84. The van der Waals surface area contributed by atoms with Crippen molar-refractivity contribution in [1.29, 1.82) is 0 Å². The minimum Gasteiger partial charge on any atom is -0.497 e. The zero-order chi connectivity index (χ0) is 15.6. The summed E-state index contributed by atoms with van der Waals surface area (Å²) in [6, 6.07) is 14.3. The molecule has 0 spiro atoms. The number of fused-ring (bicyclic) bond motifs is 1. The number of hydrogen-bond acceptors (Lipinski definition) is 3. The second kappa shape index (κ2) is 5.57. The maximum absolute atomic E-state index is 5.25. The summed E-state index contributed by atoms with van der Waals surface area (Å²) in [4.78, 5) is 8.37. The Morgan fingerprint density at radius 3 is 2.39 bits per heavy atom. The van der Waals surface area contributed by atoms with E-state index in [9.17, 15) is 0 Å². The fourth-order valence-corrected chi connectivity index (χ4v) is 2.74. The van der Waals surface area contributed by atoms with Crippen molar-refractivity contribution < 1.29 is 4.74 Å². The van der Waals surface area contributed by atoms with Crippen LogP contribution in [0.1, 0.15) is 0 Å². The Morgan fingerprint density at radius 2 is 1.65 bits per heavy atom. The molecule has 23 heavy (non-hydrogen) atoms. The molecule has 4 nitrogen and oxygen atoms in total. The molecule has 1 aromatic carbocycles. The number of pyridine rings is 2. The van der Waals surface area contributed by atoms with E-state index in [2.05, 4.69) is 38.8 Å². The van der Waals surface area contributed by atoms with Gasteiger partial charge in [0.25, 0.3) is 0 Å². The Hall–Kier alpha value is -3.14. The van der Waals surface area contributed by atoms with E-state index in [1.807, 2.05) is 36.8 Å². The van der Waals surface area contributed by atoms with Gasteiger partial charge in [-0.1, -0.05) is 12.1 Å². The summed E-state index contributed by atoms with van der Waals surface area (Å²) in [6.07, 6.45) is 9.41. The fourth-order valence-electron chi connectivity index (χ4n) is 2.74. The second-order valence-corrected chi connectivity index (χ2v) is 5.29. The largest absolute Gasteiger partial charge is 0.497 e. The molecule has 0 amide bonds. The molecule has 3 aromatic heterocycles. The molecule has 4 rings (SSSR count). The molecule has 0 aliphatic carbocycles. The molecule has 0 fully saturated rings. The Morgan fingerprint density at radius 1 is 0.870 bits per heavy atom. The van der Waals surface area contributed by atoms with Gasteiger partial charge in [0.05, 0.1) is 25.2 Å². The van der Waals surface area contributed by atoms with E-state index in [4.69, 9.17) is 4.74 Å². The molecule has 0 saturated heterocycles. The first kappa shape index (κ1) is 13.5. The van der Waals surface area contributed by atoms with E-state index >= 15 is 0 Å². The van der Waals surface area contributed by atoms with Crippen molar-refractivity contribution in [2.45, 2.75) is 0 Å². The Kier molecular flexibility index (Phi) is 3.27. The van der Waals surface area contributed by atoms with Gasteiger partial charge >= 0.3 is 0 Å². The third-order valence-electron chi connectivity index (χ3n) is 3.93. The van der Waals surface area contributed by atoms with Gasteiger partial charge in [-0.2, -0.15) is 0 Å². The number of benzene rings is 1. The molecular weight excluding hydrogens is 286 g/mol. The second-order valence-electron chi connectivity index (χ2n) is 5.29. The molecule has 0 N–H and O–H groups in total. The minimum absolute atomic E-state index is 0.851. The lowest BCUT2D eigenvalue weighted by atomic mass is 10.0. The van der Waals surface area contributed by atoms with Gasteiger partial charge in [0.1, 0.15) is 5.75 Å². The smallest absolute Gasteiger partial charge is 0.118 e. The third-order valence-corrected chi connectivity index (χ3v) is 3.93. The maximum atomic E-state index is 5.25. The molecule has 0 radical (unpaired) electrons. The zero-order valence-corrected chi connectivity index (χ0v) is 12.7. The van der Waals surface area contributed by atoms with E-state index in [1.165, 1.54) is 0 Å². The maximum Gasteiger partial charge on any atom is 0.118 e. The molecule has 4 aromatic rings. The zero-order valence-electron chi connectivity index (χ0n) is 12.7. The van der Waals surface area contributed by atoms with E-state index in [0.717, 1.165) is 33.5 Å². The summed E-state index contributed by atoms with van der Waals surface area (Å²) >= 11 is 0. The van der Waals surface area contributed by atoms with Crippen LogP contribution in [0.5, 0.6) is 5.75 Å². The summed E-state index contributed by atoms with van der Waals surface area (Å²) in [5, 5.41) is 0. The standard InChI is InChI=1S/C19H15N3O/c1-23-17-4-2-15(3-5-17)18-10-16(14-6-8-20-9-7-14)12-22-13-21-11-19(18)22/h2-13H,1H3. The normalized spacial score (nSPS) is 10.8. The predicted octanol–water partition coefficient (Wildman–Crippen LogP) is 4.07. The highest BCUT2D eigenvalue weighted by Gasteiger charge is 2.09. The van der Waals surface area contributed by atoms with Crippen LogP contribution in [-0.2, 0) is 0 Å². The topological polar surface area (TPSA) is 39.4 Å². The number of rotatable bonds is 3. The summed E-state index contributed by atoms with van der Waals surface area (Å²) in [5.74, 6) is 0.851. The van der Waals surface area contributed by atoms with Crippen molar-refractivity contribution in [3.8, 4) is 28.0 Å². The lowest BCUT2D eigenvalue weighted by molar-refractivity contribution is 0.415. The lowest BCUT2D eigenvalue weighted by Gasteiger charge is -2.10. The molecule has 4 heteroatoms. The third kappa shape index (κ3) is 2.44. The van der Waals surface area contributed by atoms with Gasteiger partial charge in [0.2, 0.25) is 0 Å². The molecule has 0 aliphatic heterocycles. The molecule has 3 heterocycles. The predicted molar refractivity (Wildman–Crippen MR) is 90.4 cm³/mol. The number of methoxy groups -OCH3 is 1. The van der Waals surface area contributed by atoms with Gasteiger partial charge < -0.3 is 9.14 Å². The Bertz CT molecular complexity index is 943. The molecular formula is C19H15N3O. The van der Waals surface area contributed by atoms with Crippen LogP contribution in [0.3, 0.4) is 0 Å². The summed E-state index contributed by atoms with van der Waals surface area (Å²) < 4.78 is 7.30. The van der Waals surface area contributed by atoms with E-state index < -0.39 is 0 Å². The highest BCUT2D eigenvalue weighted by Crippen LogP contribution is 2.31. The Labute approximate surface area is 134 Å². The summed E-state index contributed by atoms with van der Waals surface area (Å²) in [5.41, 5.74) is 5.61. The van der Waals surface area contributed by atoms with E-state index in [0.29, 0.717) is 0 Å². The van der Waals surface area contributed by atoms with Crippen molar-refractivity contribution in [2.75, 3.05) is 7.11 Å². The van der Waals surface area contributed by atoms with Crippen molar-refractivity contribution in [3.63, 3.8) is 0 Å². The van der Waals surface area contributed by atoms with Crippen molar-refractivity contribution in [1.82, 2.24) is 14.4 Å². The Balaban J connectivity index is 1.92. The highest BCUT2D eigenvalue weighted by atomic mass is 16.5. The van der Waals surface area contributed by atoms with Gasteiger partial charge in [0, 0.05) is 24.2 Å². The van der Waals surface area contributed by atoms with Gasteiger partial charge in [0.15, 0.2) is 0 Å². The van der Waals surface area contributed by atoms with Gasteiger partial charge in [-0.25, -0.2) is 4.98 Å². The molecule has 0 bridgehead atoms. The van der Waals surface area contributed by atoms with Crippen molar-refractivity contribution in [3.05, 3.63) is 73.6 Å². The number of hydrogen-bond donors (Lipinski definition) is 0. The van der Waals surface area contributed by atoms with Gasteiger partial charge in [-0.3, -0.25) is 4.98 Å². The average molecular weight is 301 g/mol. The molecule has 112 valence electrons. The molecule has 0 atom stereocenters. The van der Waals surface area contributed by atoms with Crippen LogP contribution in [-0.4, -0.2) is 21.5 Å². The fraction of sp³-hybridized carbons (Fsp3) is 0.0526.